The highest BCUT2D eigenvalue weighted by molar-refractivity contribution is 7.98. The fourth-order valence-corrected chi connectivity index (χ4v) is 4.51. The topological polar surface area (TPSA) is 30.7 Å². The number of hydrogen-bond acceptors (Lipinski definition) is 3. The third-order valence-corrected chi connectivity index (χ3v) is 6.11. The van der Waals surface area contributed by atoms with Crippen LogP contribution in [0.15, 0.2) is 102 Å². The molecule has 0 N–H and O–H groups in total. The minimum atomic E-state index is 0.837. The van der Waals surface area contributed by atoms with Gasteiger partial charge in [-0.15, -0.1) is 10.2 Å². The second-order valence-corrected chi connectivity index (χ2v) is 8.26. The molecule has 4 aromatic carbocycles. The highest BCUT2D eigenvalue weighted by atomic mass is 32.2. The number of benzene rings is 4. The summed E-state index contributed by atoms with van der Waals surface area (Å²) in [5.41, 5.74) is 4.63. The van der Waals surface area contributed by atoms with Gasteiger partial charge in [-0.25, -0.2) is 0 Å². The molecule has 3 nitrogen and oxygen atoms in total. The van der Waals surface area contributed by atoms with E-state index in [1.165, 1.54) is 21.9 Å². The summed E-state index contributed by atoms with van der Waals surface area (Å²) in [5, 5.41) is 12.5. The van der Waals surface area contributed by atoms with Crippen LogP contribution in [0.2, 0.25) is 0 Å². The lowest BCUT2D eigenvalue weighted by molar-refractivity contribution is 0.885. The van der Waals surface area contributed by atoms with Crippen molar-refractivity contribution in [3.05, 3.63) is 108 Å². The largest absolute Gasteiger partial charge is 0.270 e. The molecule has 0 radical (unpaired) electrons. The molecule has 0 saturated heterocycles. The first-order valence-corrected chi connectivity index (χ1v) is 10.9. The highest BCUT2D eigenvalue weighted by Gasteiger charge is 2.16. The summed E-state index contributed by atoms with van der Waals surface area (Å²) in [6.07, 6.45) is 0. The van der Waals surface area contributed by atoms with E-state index in [0.29, 0.717) is 0 Å². The monoisotopic (exact) mass is 407 g/mol. The maximum Gasteiger partial charge on any atom is 0.196 e. The van der Waals surface area contributed by atoms with Crippen molar-refractivity contribution >= 4 is 22.5 Å². The van der Waals surface area contributed by atoms with Gasteiger partial charge in [0.1, 0.15) is 0 Å². The lowest BCUT2D eigenvalue weighted by Crippen LogP contribution is -2.00. The van der Waals surface area contributed by atoms with Crippen molar-refractivity contribution < 1.29 is 0 Å². The van der Waals surface area contributed by atoms with Crippen molar-refractivity contribution in [1.29, 1.82) is 0 Å². The van der Waals surface area contributed by atoms with Crippen molar-refractivity contribution in [1.82, 2.24) is 14.8 Å². The zero-order valence-corrected chi connectivity index (χ0v) is 17.5. The van der Waals surface area contributed by atoms with Crippen LogP contribution in [-0.2, 0) is 5.75 Å². The van der Waals surface area contributed by atoms with E-state index >= 15 is 0 Å². The Labute approximate surface area is 180 Å². The van der Waals surface area contributed by atoms with Crippen molar-refractivity contribution in [3.8, 4) is 17.1 Å². The second-order valence-electron chi connectivity index (χ2n) is 7.32. The number of nitrogens with zero attached hydrogens (tertiary/aromatic N) is 3. The standard InChI is InChI=1S/C26H21N3S/c1-19-8-7-13-24(16-19)29-25(22-10-3-2-4-11-22)27-28-26(29)30-18-20-14-15-21-9-5-6-12-23(21)17-20/h2-17H,18H2,1H3. The number of fused-ring (bicyclic) bond motifs is 1. The Morgan fingerprint density at radius 3 is 2.37 bits per heavy atom. The zero-order valence-electron chi connectivity index (χ0n) is 16.7. The molecule has 0 bridgehead atoms. The van der Waals surface area contributed by atoms with E-state index in [2.05, 4.69) is 101 Å². The predicted octanol–water partition coefficient (Wildman–Crippen LogP) is 6.69. The average Bonchev–Trinajstić information content (AvgIpc) is 3.22. The van der Waals surface area contributed by atoms with E-state index in [1.54, 1.807) is 11.8 Å². The van der Waals surface area contributed by atoms with Crippen LogP contribution >= 0.6 is 11.8 Å². The normalized spacial score (nSPS) is 11.1. The summed E-state index contributed by atoms with van der Waals surface area (Å²) < 4.78 is 2.16. The molecule has 0 aliphatic carbocycles. The molecule has 0 spiro atoms. The molecule has 30 heavy (non-hydrogen) atoms. The van der Waals surface area contributed by atoms with Crippen LogP contribution in [0, 0.1) is 6.92 Å². The Morgan fingerprint density at radius 1 is 0.733 bits per heavy atom. The van der Waals surface area contributed by atoms with Crippen molar-refractivity contribution in [2.24, 2.45) is 0 Å². The smallest absolute Gasteiger partial charge is 0.196 e. The summed E-state index contributed by atoms with van der Waals surface area (Å²) in [6, 6.07) is 33.8. The van der Waals surface area contributed by atoms with E-state index in [1.807, 2.05) is 18.2 Å². The number of hydrogen-bond donors (Lipinski definition) is 0. The summed E-state index contributed by atoms with van der Waals surface area (Å²) >= 11 is 1.71. The summed E-state index contributed by atoms with van der Waals surface area (Å²) in [7, 11) is 0. The molecule has 0 amide bonds. The lowest BCUT2D eigenvalue weighted by atomic mass is 10.1. The predicted molar refractivity (Wildman–Crippen MR) is 125 cm³/mol. The molecule has 5 rings (SSSR count). The van der Waals surface area contributed by atoms with E-state index < -0.39 is 0 Å². The van der Waals surface area contributed by atoms with Crippen molar-refractivity contribution in [3.63, 3.8) is 0 Å². The van der Waals surface area contributed by atoms with Crippen LogP contribution in [0.4, 0.5) is 0 Å². The van der Waals surface area contributed by atoms with Crippen LogP contribution in [0.1, 0.15) is 11.1 Å². The van der Waals surface area contributed by atoms with Gasteiger partial charge in [0.2, 0.25) is 0 Å². The van der Waals surface area contributed by atoms with Crippen LogP contribution in [-0.4, -0.2) is 14.8 Å². The van der Waals surface area contributed by atoms with Gasteiger partial charge in [-0.2, -0.15) is 0 Å². The van der Waals surface area contributed by atoms with E-state index in [4.69, 9.17) is 0 Å². The molecule has 0 aliphatic rings. The molecular formula is C26H21N3S. The molecule has 5 aromatic rings. The Morgan fingerprint density at radius 2 is 1.53 bits per heavy atom. The summed E-state index contributed by atoms with van der Waals surface area (Å²) in [4.78, 5) is 0. The van der Waals surface area contributed by atoms with E-state index in [0.717, 1.165) is 28.0 Å². The first-order chi connectivity index (χ1) is 14.8. The quantitative estimate of drug-likeness (QED) is 0.304. The summed E-state index contributed by atoms with van der Waals surface area (Å²) in [6.45, 7) is 2.11. The van der Waals surface area contributed by atoms with Gasteiger partial charge < -0.3 is 0 Å². The maximum atomic E-state index is 4.55. The second kappa shape index (κ2) is 8.17. The van der Waals surface area contributed by atoms with Crippen LogP contribution < -0.4 is 0 Å². The SMILES string of the molecule is Cc1cccc(-n2c(SCc3ccc4ccccc4c3)nnc2-c2ccccc2)c1. The molecule has 1 heterocycles. The number of rotatable bonds is 5. The molecule has 4 heteroatoms. The molecular weight excluding hydrogens is 386 g/mol. The van der Waals surface area contributed by atoms with Gasteiger partial charge in [-0.05, 0) is 41.0 Å². The molecule has 0 aliphatic heterocycles. The molecule has 0 atom stereocenters. The van der Waals surface area contributed by atoms with Gasteiger partial charge in [0, 0.05) is 17.0 Å². The Kier molecular flexibility index (Phi) is 5.08. The minimum Gasteiger partial charge on any atom is -0.270 e. The third-order valence-electron chi connectivity index (χ3n) is 5.11. The Bertz CT molecular complexity index is 1310. The van der Waals surface area contributed by atoms with Gasteiger partial charge in [-0.1, -0.05) is 96.7 Å². The molecule has 1 aromatic heterocycles. The van der Waals surface area contributed by atoms with Crippen LogP contribution in [0.25, 0.3) is 27.8 Å². The van der Waals surface area contributed by atoms with Crippen LogP contribution in [0.5, 0.6) is 0 Å². The van der Waals surface area contributed by atoms with Crippen molar-refractivity contribution in [2.45, 2.75) is 17.8 Å². The lowest BCUT2D eigenvalue weighted by Gasteiger charge is -2.11. The van der Waals surface area contributed by atoms with E-state index in [9.17, 15) is 0 Å². The molecule has 0 fully saturated rings. The molecule has 146 valence electrons. The Balaban J connectivity index is 1.52. The van der Waals surface area contributed by atoms with Gasteiger partial charge in [0.15, 0.2) is 11.0 Å². The van der Waals surface area contributed by atoms with Crippen LogP contribution in [0.3, 0.4) is 0 Å². The zero-order chi connectivity index (χ0) is 20.3. The number of aromatic nitrogens is 3. The highest BCUT2D eigenvalue weighted by Crippen LogP contribution is 2.30. The maximum absolute atomic E-state index is 4.55. The fourth-order valence-electron chi connectivity index (χ4n) is 3.61. The first-order valence-electron chi connectivity index (χ1n) is 9.96. The van der Waals surface area contributed by atoms with Crippen molar-refractivity contribution in [2.75, 3.05) is 0 Å². The number of aryl methyl sites for hydroxylation is 1. The Hall–Kier alpha value is -3.37. The van der Waals surface area contributed by atoms with Gasteiger partial charge >= 0.3 is 0 Å². The van der Waals surface area contributed by atoms with Gasteiger partial charge in [-0.3, -0.25) is 4.57 Å². The fraction of sp³-hybridized carbons (Fsp3) is 0.0769. The summed E-state index contributed by atoms with van der Waals surface area (Å²) in [5.74, 6) is 1.70. The molecule has 0 unspecified atom stereocenters. The van der Waals surface area contributed by atoms with Gasteiger partial charge in [0.25, 0.3) is 0 Å². The minimum absolute atomic E-state index is 0.837. The molecule has 0 saturated carbocycles. The average molecular weight is 408 g/mol. The van der Waals surface area contributed by atoms with Gasteiger partial charge in [0.05, 0.1) is 0 Å². The number of thioether (sulfide) groups is 1. The first kappa shape index (κ1) is 18.6. The third kappa shape index (κ3) is 3.74. The van der Waals surface area contributed by atoms with E-state index in [-0.39, 0.29) is 0 Å².